The van der Waals surface area contributed by atoms with E-state index in [4.69, 9.17) is 14.2 Å². The van der Waals surface area contributed by atoms with Crippen LogP contribution in [0.15, 0.2) is 42.5 Å². The lowest BCUT2D eigenvalue weighted by Crippen LogP contribution is -2.32. The highest BCUT2D eigenvalue weighted by molar-refractivity contribution is 7.99. The van der Waals surface area contributed by atoms with Crippen molar-refractivity contribution in [2.24, 2.45) is 0 Å². The zero-order chi connectivity index (χ0) is 23.1. The van der Waals surface area contributed by atoms with Gasteiger partial charge in [-0.15, -0.1) is 0 Å². The van der Waals surface area contributed by atoms with Crippen LogP contribution in [-0.4, -0.2) is 43.8 Å². The summed E-state index contributed by atoms with van der Waals surface area (Å²) >= 11 is 1.86. The summed E-state index contributed by atoms with van der Waals surface area (Å²) < 4.78 is 55.0. The van der Waals surface area contributed by atoms with E-state index in [1.54, 1.807) is 30.2 Å². The molecule has 1 aliphatic rings. The number of hydrogen-bond donors (Lipinski definition) is 0. The third-order valence-electron chi connectivity index (χ3n) is 4.97. The Balaban J connectivity index is 1.62. The maximum absolute atomic E-state index is 12.8. The molecule has 0 aromatic heterocycles. The topological polar surface area (TPSA) is 48.0 Å². The van der Waals surface area contributed by atoms with Crippen LogP contribution >= 0.6 is 11.8 Å². The number of nitrogens with zero attached hydrogens (tertiary/aromatic N) is 1. The number of rotatable bonds is 10. The summed E-state index contributed by atoms with van der Waals surface area (Å²) in [5, 5.41) is 0. The van der Waals surface area contributed by atoms with Crippen molar-refractivity contribution in [2.45, 2.75) is 32.0 Å². The Hall–Kier alpha value is -2.55. The molecule has 32 heavy (non-hydrogen) atoms. The van der Waals surface area contributed by atoms with E-state index in [1.165, 1.54) is 12.1 Å². The van der Waals surface area contributed by atoms with Gasteiger partial charge < -0.3 is 19.1 Å². The van der Waals surface area contributed by atoms with Gasteiger partial charge in [-0.05, 0) is 54.3 Å². The van der Waals surface area contributed by atoms with Crippen molar-refractivity contribution < 1.29 is 32.2 Å². The zero-order valence-corrected chi connectivity index (χ0v) is 18.8. The Morgan fingerprint density at radius 3 is 2.53 bits per heavy atom. The molecule has 1 saturated heterocycles. The SMILES string of the molecule is CCSCCCOc1ccc(N2CCC(Oc3ccc(C(F)(F)F)cc3)C2=O)cc1OC. The highest BCUT2D eigenvalue weighted by atomic mass is 32.2. The van der Waals surface area contributed by atoms with Crippen molar-refractivity contribution in [2.75, 3.05) is 36.7 Å². The number of hydrogen-bond acceptors (Lipinski definition) is 5. The fourth-order valence-electron chi connectivity index (χ4n) is 3.34. The summed E-state index contributed by atoms with van der Waals surface area (Å²) in [4.78, 5) is 14.4. The van der Waals surface area contributed by atoms with E-state index in [9.17, 15) is 18.0 Å². The second kappa shape index (κ2) is 10.8. The third-order valence-corrected chi connectivity index (χ3v) is 5.96. The van der Waals surface area contributed by atoms with Crippen LogP contribution in [-0.2, 0) is 11.0 Å². The standard InChI is InChI=1S/C23H26F3NO4S/c1-3-32-14-4-13-30-19-10-7-17(15-21(19)29-2)27-12-11-20(22(27)28)31-18-8-5-16(6-9-18)23(24,25)26/h5-10,15,20H,3-4,11-14H2,1-2H3. The smallest absolute Gasteiger partial charge is 0.416 e. The van der Waals surface area contributed by atoms with Gasteiger partial charge in [0.1, 0.15) is 5.75 Å². The molecule has 0 N–H and O–H groups in total. The number of halogens is 3. The predicted molar refractivity (Wildman–Crippen MR) is 119 cm³/mol. The average Bonchev–Trinajstić information content (AvgIpc) is 3.13. The Morgan fingerprint density at radius 2 is 1.88 bits per heavy atom. The minimum absolute atomic E-state index is 0.223. The van der Waals surface area contributed by atoms with Crippen LogP contribution in [0.3, 0.4) is 0 Å². The maximum atomic E-state index is 12.8. The molecule has 1 heterocycles. The van der Waals surface area contributed by atoms with E-state index in [0.717, 1.165) is 30.1 Å². The Bertz CT molecular complexity index is 905. The van der Waals surface area contributed by atoms with Crippen LogP contribution in [0.25, 0.3) is 0 Å². The second-order valence-electron chi connectivity index (χ2n) is 7.14. The molecule has 0 spiro atoms. The fourth-order valence-corrected chi connectivity index (χ4v) is 3.95. The van der Waals surface area contributed by atoms with Gasteiger partial charge in [0.25, 0.3) is 5.91 Å². The number of methoxy groups -OCH3 is 1. The van der Waals surface area contributed by atoms with Crippen LogP contribution in [0.4, 0.5) is 18.9 Å². The predicted octanol–water partition coefficient (Wildman–Crippen LogP) is 5.42. The highest BCUT2D eigenvalue weighted by Crippen LogP contribution is 2.35. The van der Waals surface area contributed by atoms with Gasteiger partial charge in [-0.1, -0.05) is 6.92 Å². The molecule has 1 atom stereocenters. The van der Waals surface area contributed by atoms with Gasteiger partial charge in [-0.25, -0.2) is 0 Å². The highest BCUT2D eigenvalue weighted by Gasteiger charge is 2.35. The number of alkyl halides is 3. The van der Waals surface area contributed by atoms with Crippen LogP contribution < -0.4 is 19.1 Å². The molecule has 0 radical (unpaired) electrons. The first kappa shape index (κ1) is 24.1. The van der Waals surface area contributed by atoms with Crippen molar-refractivity contribution in [3.63, 3.8) is 0 Å². The lowest BCUT2D eigenvalue weighted by Gasteiger charge is -2.19. The molecule has 5 nitrogen and oxygen atoms in total. The van der Waals surface area contributed by atoms with Gasteiger partial charge in [0.2, 0.25) is 0 Å². The molecule has 1 amide bonds. The van der Waals surface area contributed by atoms with E-state index >= 15 is 0 Å². The second-order valence-corrected chi connectivity index (χ2v) is 8.54. The molecule has 2 aromatic carbocycles. The first-order valence-corrected chi connectivity index (χ1v) is 11.5. The van der Waals surface area contributed by atoms with E-state index in [2.05, 4.69) is 6.92 Å². The number of thioether (sulfide) groups is 1. The molecule has 1 aliphatic heterocycles. The van der Waals surface area contributed by atoms with Crippen LogP contribution in [0.1, 0.15) is 25.3 Å². The molecule has 2 aromatic rings. The van der Waals surface area contributed by atoms with Gasteiger partial charge >= 0.3 is 6.18 Å². The summed E-state index contributed by atoms with van der Waals surface area (Å²) in [5.41, 5.74) is -0.109. The molecule has 174 valence electrons. The van der Waals surface area contributed by atoms with Gasteiger partial charge in [-0.3, -0.25) is 4.79 Å². The lowest BCUT2D eigenvalue weighted by molar-refractivity contribution is -0.137. The molecule has 3 rings (SSSR count). The summed E-state index contributed by atoms with van der Waals surface area (Å²) in [5.74, 6) is 3.22. The van der Waals surface area contributed by atoms with E-state index in [0.29, 0.717) is 36.8 Å². The van der Waals surface area contributed by atoms with Crippen LogP contribution in [0.5, 0.6) is 17.2 Å². The van der Waals surface area contributed by atoms with Crippen LogP contribution in [0.2, 0.25) is 0 Å². The monoisotopic (exact) mass is 469 g/mol. The summed E-state index contributed by atoms with van der Waals surface area (Å²) in [6.07, 6.45) is -3.82. The Labute approximate surface area is 189 Å². The van der Waals surface area contributed by atoms with Gasteiger partial charge in [0.15, 0.2) is 17.6 Å². The molecule has 1 unspecified atom stereocenters. The summed E-state index contributed by atoms with van der Waals surface area (Å²) in [6.45, 7) is 3.13. The molecule has 9 heteroatoms. The van der Waals surface area contributed by atoms with E-state index in [-0.39, 0.29) is 11.7 Å². The van der Waals surface area contributed by atoms with Crippen LogP contribution in [0, 0.1) is 0 Å². The van der Waals surface area contributed by atoms with Gasteiger partial charge in [0.05, 0.1) is 19.3 Å². The number of benzene rings is 2. The average molecular weight is 470 g/mol. The van der Waals surface area contributed by atoms with E-state index < -0.39 is 17.8 Å². The maximum Gasteiger partial charge on any atom is 0.416 e. The van der Waals surface area contributed by atoms with Crippen molar-refractivity contribution in [3.05, 3.63) is 48.0 Å². The minimum atomic E-state index is -4.41. The molecular formula is C23H26F3NO4S. The van der Waals surface area contributed by atoms with E-state index in [1.807, 2.05) is 11.8 Å². The number of carbonyl (C=O) groups is 1. The molecular weight excluding hydrogens is 443 g/mol. The minimum Gasteiger partial charge on any atom is -0.493 e. The third kappa shape index (κ3) is 6.03. The lowest BCUT2D eigenvalue weighted by atomic mass is 10.2. The largest absolute Gasteiger partial charge is 0.493 e. The molecule has 0 saturated carbocycles. The fraction of sp³-hybridized carbons (Fsp3) is 0.435. The van der Waals surface area contributed by atoms with Crippen molar-refractivity contribution >= 4 is 23.4 Å². The Kier molecular flexibility index (Phi) is 8.17. The molecule has 1 fully saturated rings. The quantitative estimate of drug-likeness (QED) is 0.435. The van der Waals surface area contributed by atoms with Crippen molar-refractivity contribution in [3.8, 4) is 17.2 Å². The first-order chi connectivity index (χ1) is 15.3. The zero-order valence-electron chi connectivity index (χ0n) is 18.0. The summed E-state index contributed by atoms with van der Waals surface area (Å²) in [6, 6.07) is 9.65. The van der Waals surface area contributed by atoms with Crippen molar-refractivity contribution in [1.29, 1.82) is 0 Å². The first-order valence-electron chi connectivity index (χ1n) is 10.4. The van der Waals surface area contributed by atoms with Gasteiger partial charge in [-0.2, -0.15) is 24.9 Å². The number of carbonyl (C=O) groups excluding carboxylic acids is 1. The molecule has 0 aliphatic carbocycles. The van der Waals surface area contributed by atoms with Crippen molar-refractivity contribution in [1.82, 2.24) is 0 Å². The normalized spacial score (nSPS) is 16.3. The number of ether oxygens (including phenoxy) is 3. The number of anilines is 1. The van der Waals surface area contributed by atoms with Gasteiger partial charge in [0, 0.05) is 24.7 Å². The summed E-state index contributed by atoms with van der Waals surface area (Å²) in [7, 11) is 1.54. The number of amides is 1. The Morgan fingerprint density at radius 1 is 1.12 bits per heavy atom. The molecule has 0 bridgehead atoms.